The predicted octanol–water partition coefficient (Wildman–Crippen LogP) is 5.57. The lowest BCUT2D eigenvalue weighted by atomic mass is 9.99. The van der Waals surface area contributed by atoms with Crippen molar-refractivity contribution in [1.82, 2.24) is 5.32 Å². The molecule has 312 valence electrons. The number of rotatable bonds is 33. The molecule has 8 unspecified atom stereocenters. The molecule has 1 fully saturated rings. The number of allylic oxidation sites excluding steroid dienone is 4. The van der Waals surface area contributed by atoms with Crippen molar-refractivity contribution < 1.29 is 57.0 Å². The Labute approximate surface area is 319 Å². The Balaban J connectivity index is 2.59. The molecule has 7 N–H and O–H groups in total. The molecule has 0 saturated carbocycles. The molecule has 1 heterocycles. The first-order chi connectivity index (χ1) is 25.4. The average Bonchev–Trinajstić information content (AvgIpc) is 3.12. The van der Waals surface area contributed by atoms with E-state index in [1.54, 1.807) is 0 Å². The van der Waals surface area contributed by atoms with E-state index in [1.165, 1.54) is 38.5 Å². The molecular formula is C39H73NO12S. The van der Waals surface area contributed by atoms with Crippen LogP contribution in [0.1, 0.15) is 155 Å². The topological polar surface area (TPSA) is 212 Å². The summed E-state index contributed by atoms with van der Waals surface area (Å²) in [4.78, 5) is 13.0. The first kappa shape index (κ1) is 49.6. The van der Waals surface area contributed by atoms with Gasteiger partial charge < -0.3 is 40.3 Å². The van der Waals surface area contributed by atoms with E-state index in [1.807, 2.05) is 0 Å². The van der Waals surface area contributed by atoms with Gasteiger partial charge in [-0.1, -0.05) is 134 Å². The van der Waals surface area contributed by atoms with Crippen molar-refractivity contribution in [3.63, 3.8) is 0 Å². The highest BCUT2D eigenvalue weighted by Gasteiger charge is 2.48. The largest absolute Gasteiger partial charge is 0.397 e. The van der Waals surface area contributed by atoms with Crippen LogP contribution >= 0.6 is 0 Å². The van der Waals surface area contributed by atoms with Gasteiger partial charge in [-0.25, -0.2) is 4.18 Å². The second-order valence-electron chi connectivity index (χ2n) is 14.4. The number of hydrogen-bond acceptors (Lipinski definition) is 11. The molecule has 14 heteroatoms. The lowest BCUT2D eigenvalue weighted by Crippen LogP contribution is -2.61. The van der Waals surface area contributed by atoms with E-state index in [-0.39, 0.29) is 6.42 Å². The fourth-order valence-corrected chi connectivity index (χ4v) is 6.83. The Hall–Kier alpha value is -1.46. The van der Waals surface area contributed by atoms with Crippen LogP contribution in [-0.2, 0) is 28.9 Å². The van der Waals surface area contributed by atoms with Crippen LogP contribution in [0.5, 0.6) is 0 Å². The van der Waals surface area contributed by atoms with E-state index in [4.69, 9.17) is 14.0 Å². The summed E-state index contributed by atoms with van der Waals surface area (Å²) in [6.07, 6.45) is 19.7. The number of carbonyl (C=O) groups excluding carboxylic acids is 1. The van der Waals surface area contributed by atoms with Crippen LogP contribution in [0.3, 0.4) is 0 Å². The van der Waals surface area contributed by atoms with Crippen LogP contribution < -0.4 is 5.32 Å². The molecule has 0 aromatic carbocycles. The molecule has 0 aromatic heterocycles. The number of aliphatic hydroxyl groups is 5. The standard InChI is InChI=1S/C39H73NO12S/c1-3-5-7-9-11-13-14-15-16-17-18-19-20-22-24-26-28-33(43)38(46)40-31(32(42)27-25-23-21-12-10-8-6-4-2)30-50-39-36(45)37(52-53(47,48)49)35(44)34(29-41)51-39/h11,13,15-16,31-37,39,41-45H,3-10,12,14,17-30H2,1-2H3,(H,40,46)(H,47,48,49)/b13-11-,16-15-. The highest BCUT2D eigenvalue weighted by Crippen LogP contribution is 2.26. The van der Waals surface area contributed by atoms with E-state index in [2.05, 4.69) is 47.7 Å². The molecule has 0 bridgehead atoms. The first-order valence-electron chi connectivity index (χ1n) is 20.3. The second kappa shape index (κ2) is 30.7. The normalized spacial score (nSPS) is 22.8. The van der Waals surface area contributed by atoms with Gasteiger partial charge in [0.15, 0.2) is 6.29 Å². The van der Waals surface area contributed by atoms with Gasteiger partial charge in [-0.15, -0.1) is 0 Å². The van der Waals surface area contributed by atoms with Gasteiger partial charge in [0, 0.05) is 0 Å². The lowest BCUT2D eigenvalue weighted by Gasteiger charge is -2.41. The van der Waals surface area contributed by atoms with E-state index >= 15 is 0 Å². The van der Waals surface area contributed by atoms with Gasteiger partial charge in [-0.05, 0) is 44.9 Å². The number of amides is 1. The minimum Gasteiger partial charge on any atom is -0.394 e. The van der Waals surface area contributed by atoms with Crippen molar-refractivity contribution >= 4 is 16.3 Å². The quantitative estimate of drug-likeness (QED) is 0.0248. The van der Waals surface area contributed by atoms with Gasteiger partial charge in [-0.2, -0.15) is 8.42 Å². The molecule has 0 radical (unpaired) electrons. The highest BCUT2D eigenvalue weighted by molar-refractivity contribution is 7.80. The number of hydrogen-bond donors (Lipinski definition) is 7. The molecule has 1 amide bonds. The van der Waals surface area contributed by atoms with E-state index in [9.17, 15) is 38.7 Å². The third-order valence-corrected chi connectivity index (χ3v) is 10.1. The number of ether oxygens (including phenoxy) is 2. The average molecular weight is 780 g/mol. The third kappa shape index (κ3) is 23.9. The Kier molecular flexibility index (Phi) is 28.7. The van der Waals surface area contributed by atoms with Gasteiger partial charge in [0.1, 0.15) is 30.5 Å². The molecule has 8 atom stereocenters. The molecule has 0 spiro atoms. The van der Waals surface area contributed by atoms with Crippen LogP contribution in [0.2, 0.25) is 0 Å². The zero-order valence-corrected chi connectivity index (χ0v) is 33.3. The van der Waals surface area contributed by atoms with Crippen LogP contribution in [0.15, 0.2) is 24.3 Å². The van der Waals surface area contributed by atoms with Crippen LogP contribution in [0.4, 0.5) is 0 Å². The molecule has 0 aromatic rings. The fourth-order valence-electron chi connectivity index (χ4n) is 6.32. The summed E-state index contributed by atoms with van der Waals surface area (Å²) in [5.41, 5.74) is 0. The second-order valence-corrected chi connectivity index (χ2v) is 15.4. The Morgan fingerprint density at radius 2 is 1.26 bits per heavy atom. The number of carbonyl (C=O) groups is 1. The van der Waals surface area contributed by atoms with Gasteiger partial charge in [0.05, 0.1) is 25.4 Å². The summed E-state index contributed by atoms with van der Waals surface area (Å²) in [7, 11) is -5.10. The molecule has 1 rings (SSSR count). The van der Waals surface area contributed by atoms with E-state index in [0.29, 0.717) is 19.3 Å². The Morgan fingerprint density at radius 1 is 0.755 bits per heavy atom. The van der Waals surface area contributed by atoms with Crippen molar-refractivity contribution in [1.29, 1.82) is 0 Å². The zero-order valence-electron chi connectivity index (χ0n) is 32.4. The summed E-state index contributed by atoms with van der Waals surface area (Å²) in [5.74, 6) is -0.683. The third-order valence-electron chi connectivity index (χ3n) is 9.62. The van der Waals surface area contributed by atoms with Gasteiger partial charge in [0.25, 0.3) is 0 Å². The molecule has 0 aliphatic carbocycles. The van der Waals surface area contributed by atoms with Gasteiger partial charge >= 0.3 is 10.4 Å². The summed E-state index contributed by atoms with van der Waals surface area (Å²) in [6.45, 7) is 3.17. The van der Waals surface area contributed by atoms with Crippen molar-refractivity contribution in [2.24, 2.45) is 0 Å². The summed E-state index contributed by atoms with van der Waals surface area (Å²) in [6, 6.07) is -1.03. The fraction of sp³-hybridized carbons (Fsp3) is 0.872. The SMILES string of the molecule is CCCCC/C=C\C/C=C\CCCCCCCCC(O)C(=O)NC(COC1OC(CO)C(O)C(OS(=O)(=O)O)C1O)C(O)CCCCCCCCCC. The lowest BCUT2D eigenvalue weighted by molar-refractivity contribution is -0.298. The molecule has 53 heavy (non-hydrogen) atoms. The smallest absolute Gasteiger partial charge is 0.394 e. The highest BCUT2D eigenvalue weighted by atomic mass is 32.3. The van der Waals surface area contributed by atoms with Gasteiger partial charge in [0.2, 0.25) is 5.91 Å². The molecule has 1 saturated heterocycles. The van der Waals surface area contributed by atoms with Crippen molar-refractivity contribution in [3.8, 4) is 0 Å². The maximum absolute atomic E-state index is 13.0. The van der Waals surface area contributed by atoms with E-state index in [0.717, 1.165) is 77.0 Å². The Morgan fingerprint density at radius 3 is 1.83 bits per heavy atom. The molecular weight excluding hydrogens is 706 g/mol. The minimum atomic E-state index is -5.10. The summed E-state index contributed by atoms with van der Waals surface area (Å²) in [5, 5.41) is 54.9. The van der Waals surface area contributed by atoms with Crippen molar-refractivity contribution in [2.75, 3.05) is 13.2 Å². The molecule has 1 aliphatic heterocycles. The maximum atomic E-state index is 13.0. The Bertz CT molecular complexity index is 1070. The van der Waals surface area contributed by atoms with E-state index < -0.39 is 78.5 Å². The van der Waals surface area contributed by atoms with Crippen LogP contribution in [-0.4, -0.2) is 107 Å². The van der Waals surface area contributed by atoms with Crippen molar-refractivity contribution in [2.45, 2.75) is 204 Å². The maximum Gasteiger partial charge on any atom is 0.397 e. The molecule has 13 nitrogen and oxygen atoms in total. The minimum absolute atomic E-state index is 0.247. The predicted molar refractivity (Wildman–Crippen MR) is 205 cm³/mol. The first-order valence-corrected chi connectivity index (χ1v) is 21.7. The monoisotopic (exact) mass is 779 g/mol. The number of aliphatic hydroxyl groups excluding tert-OH is 5. The number of unbranched alkanes of at least 4 members (excludes halogenated alkanes) is 16. The van der Waals surface area contributed by atoms with Crippen LogP contribution in [0, 0.1) is 0 Å². The molecule has 1 aliphatic rings. The van der Waals surface area contributed by atoms with Crippen molar-refractivity contribution in [3.05, 3.63) is 24.3 Å². The summed E-state index contributed by atoms with van der Waals surface area (Å²) >= 11 is 0. The zero-order chi connectivity index (χ0) is 39.3. The number of nitrogens with one attached hydrogen (secondary N) is 1. The van der Waals surface area contributed by atoms with Crippen LogP contribution in [0.25, 0.3) is 0 Å². The van der Waals surface area contributed by atoms with Gasteiger partial charge in [-0.3, -0.25) is 9.35 Å². The summed E-state index contributed by atoms with van der Waals surface area (Å²) < 4.78 is 47.3.